The number of sulfonamides is 1. The fraction of sp³-hybridized carbons (Fsp3) is 0.550. The molecule has 2 aliphatic rings. The number of benzene rings is 1. The molecule has 146 valence electrons. The number of aromatic amines is 1. The average Bonchev–Trinajstić information content (AvgIpc) is 3.23. The van der Waals surface area contributed by atoms with Gasteiger partial charge in [-0.25, -0.2) is 8.42 Å². The highest BCUT2D eigenvalue weighted by molar-refractivity contribution is 7.89. The van der Waals surface area contributed by atoms with Gasteiger partial charge in [-0.2, -0.15) is 4.31 Å². The molecule has 27 heavy (non-hydrogen) atoms. The van der Waals surface area contributed by atoms with E-state index >= 15 is 0 Å². The molecule has 1 saturated carbocycles. The van der Waals surface area contributed by atoms with Crippen LogP contribution in [0.5, 0.6) is 0 Å². The molecule has 0 atom stereocenters. The van der Waals surface area contributed by atoms with Crippen molar-refractivity contribution in [2.24, 2.45) is 0 Å². The molecular formula is C20H27N3O3S. The Bertz CT molecular complexity index is 921. The second kappa shape index (κ2) is 7.64. The van der Waals surface area contributed by atoms with Gasteiger partial charge in [0.15, 0.2) is 0 Å². The molecular weight excluding hydrogens is 362 g/mol. The molecule has 4 rings (SSSR count). The van der Waals surface area contributed by atoms with Crippen LogP contribution in [0.4, 0.5) is 0 Å². The zero-order chi connectivity index (χ0) is 18.9. The smallest absolute Gasteiger partial charge is 0.267 e. The van der Waals surface area contributed by atoms with Crippen LogP contribution in [-0.2, 0) is 10.0 Å². The first-order valence-electron chi connectivity index (χ1n) is 9.98. The van der Waals surface area contributed by atoms with Gasteiger partial charge in [-0.3, -0.25) is 4.79 Å². The minimum atomic E-state index is -3.49. The molecule has 2 fully saturated rings. The van der Waals surface area contributed by atoms with Gasteiger partial charge in [0.25, 0.3) is 5.91 Å². The molecule has 1 amide bonds. The van der Waals surface area contributed by atoms with E-state index in [4.69, 9.17) is 0 Å². The number of fused-ring (bicyclic) bond motifs is 1. The molecule has 0 unspecified atom stereocenters. The zero-order valence-corrected chi connectivity index (χ0v) is 16.4. The zero-order valence-electron chi connectivity index (χ0n) is 15.5. The highest BCUT2D eigenvalue weighted by Crippen LogP contribution is 2.25. The third-order valence-electron chi connectivity index (χ3n) is 5.73. The number of rotatable bonds is 4. The van der Waals surface area contributed by atoms with Crippen molar-refractivity contribution in [3.63, 3.8) is 0 Å². The van der Waals surface area contributed by atoms with Crippen LogP contribution < -0.4 is 5.32 Å². The quantitative estimate of drug-likeness (QED) is 0.841. The van der Waals surface area contributed by atoms with Gasteiger partial charge in [-0.05, 0) is 49.9 Å². The summed E-state index contributed by atoms with van der Waals surface area (Å²) in [6.07, 6.45) is 8.39. The first kappa shape index (κ1) is 18.5. The highest BCUT2D eigenvalue weighted by atomic mass is 32.2. The van der Waals surface area contributed by atoms with E-state index in [0.29, 0.717) is 23.7 Å². The lowest BCUT2D eigenvalue weighted by atomic mass is 10.2. The highest BCUT2D eigenvalue weighted by Gasteiger charge is 2.26. The Morgan fingerprint density at radius 1 is 1.00 bits per heavy atom. The lowest BCUT2D eigenvalue weighted by Crippen LogP contribution is -2.32. The van der Waals surface area contributed by atoms with Gasteiger partial charge in [0.1, 0.15) is 5.69 Å². The number of hydrogen-bond donors (Lipinski definition) is 2. The van der Waals surface area contributed by atoms with Crippen LogP contribution in [0, 0.1) is 0 Å². The Kier molecular flexibility index (Phi) is 5.23. The maximum Gasteiger partial charge on any atom is 0.267 e. The Morgan fingerprint density at radius 3 is 2.41 bits per heavy atom. The second-order valence-electron chi connectivity index (χ2n) is 7.71. The summed E-state index contributed by atoms with van der Waals surface area (Å²) >= 11 is 0. The van der Waals surface area contributed by atoms with Gasteiger partial charge >= 0.3 is 0 Å². The van der Waals surface area contributed by atoms with E-state index in [2.05, 4.69) is 10.3 Å². The Hall–Kier alpha value is -1.86. The molecule has 7 heteroatoms. The molecule has 1 aliphatic carbocycles. The topological polar surface area (TPSA) is 82.3 Å². The van der Waals surface area contributed by atoms with Crippen LogP contribution in [0.25, 0.3) is 10.9 Å². The summed E-state index contributed by atoms with van der Waals surface area (Å²) in [5.74, 6) is -0.116. The molecule has 1 aromatic carbocycles. The number of amides is 1. The number of carbonyl (C=O) groups excluding carboxylic acids is 1. The molecule has 0 radical (unpaired) electrons. The molecule has 1 aliphatic heterocycles. The van der Waals surface area contributed by atoms with Crippen molar-refractivity contribution in [2.45, 2.75) is 62.3 Å². The van der Waals surface area contributed by atoms with Crippen LogP contribution in [0.1, 0.15) is 61.9 Å². The van der Waals surface area contributed by atoms with E-state index in [9.17, 15) is 13.2 Å². The van der Waals surface area contributed by atoms with E-state index in [0.717, 1.165) is 62.3 Å². The molecule has 2 aromatic rings. The van der Waals surface area contributed by atoms with Crippen LogP contribution in [-0.4, -0.2) is 42.7 Å². The van der Waals surface area contributed by atoms with Crippen molar-refractivity contribution >= 4 is 26.8 Å². The summed E-state index contributed by atoms with van der Waals surface area (Å²) in [5.41, 5.74) is 1.27. The minimum Gasteiger partial charge on any atom is -0.351 e. The Labute approximate surface area is 160 Å². The standard InChI is InChI=1S/C20H27N3O3S/c24-20(21-16-7-3-4-8-16)19-14-15-13-17(9-10-18(15)22-19)27(25,26)23-11-5-1-2-6-12-23/h9-10,13-14,16,22H,1-8,11-12H2,(H,21,24). The summed E-state index contributed by atoms with van der Waals surface area (Å²) in [6, 6.07) is 7.08. The number of nitrogens with zero attached hydrogens (tertiary/aromatic N) is 1. The molecule has 2 N–H and O–H groups in total. The Balaban J connectivity index is 1.57. The molecule has 1 aromatic heterocycles. The Morgan fingerprint density at radius 2 is 1.70 bits per heavy atom. The summed E-state index contributed by atoms with van der Waals surface area (Å²) in [6.45, 7) is 1.17. The predicted molar refractivity (Wildman–Crippen MR) is 105 cm³/mol. The number of hydrogen-bond acceptors (Lipinski definition) is 3. The first-order valence-corrected chi connectivity index (χ1v) is 11.4. The maximum atomic E-state index is 13.0. The molecule has 0 spiro atoms. The van der Waals surface area contributed by atoms with Gasteiger partial charge in [0.2, 0.25) is 10.0 Å². The van der Waals surface area contributed by atoms with E-state index < -0.39 is 10.0 Å². The minimum absolute atomic E-state index is 0.116. The summed E-state index contributed by atoms with van der Waals surface area (Å²) < 4.78 is 27.6. The molecule has 6 nitrogen and oxygen atoms in total. The lowest BCUT2D eigenvalue weighted by molar-refractivity contribution is 0.0933. The van der Waals surface area contributed by atoms with Crippen LogP contribution >= 0.6 is 0 Å². The first-order chi connectivity index (χ1) is 13.0. The van der Waals surface area contributed by atoms with E-state index in [1.807, 2.05) is 0 Å². The third kappa shape index (κ3) is 3.89. The monoisotopic (exact) mass is 389 g/mol. The van der Waals surface area contributed by atoms with Crippen molar-refractivity contribution in [3.05, 3.63) is 30.0 Å². The molecule has 2 heterocycles. The number of H-pyrrole nitrogens is 1. The normalized spacial score (nSPS) is 20.0. The van der Waals surface area contributed by atoms with E-state index in [-0.39, 0.29) is 11.9 Å². The van der Waals surface area contributed by atoms with Crippen molar-refractivity contribution in [3.8, 4) is 0 Å². The van der Waals surface area contributed by atoms with Crippen LogP contribution in [0.3, 0.4) is 0 Å². The number of aromatic nitrogens is 1. The van der Waals surface area contributed by atoms with E-state index in [1.54, 1.807) is 28.6 Å². The van der Waals surface area contributed by atoms with Gasteiger partial charge in [0, 0.05) is 30.0 Å². The molecule has 1 saturated heterocycles. The van der Waals surface area contributed by atoms with E-state index in [1.165, 1.54) is 0 Å². The van der Waals surface area contributed by atoms with Crippen LogP contribution in [0.2, 0.25) is 0 Å². The van der Waals surface area contributed by atoms with Gasteiger partial charge in [-0.1, -0.05) is 25.7 Å². The fourth-order valence-corrected chi connectivity index (χ4v) is 5.71. The van der Waals surface area contributed by atoms with Crippen molar-refractivity contribution in [2.75, 3.05) is 13.1 Å². The maximum absolute atomic E-state index is 13.0. The average molecular weight is 390 g/mol. The van der Waals surface area contributed by atoms with Gasteiger partial charge < -0.3 is 10.3 Å². The van der Waals surface area contributed by atoms with Crippen molar-refractivity contribution in [1.82, 2.24) is 14.6 Å². The summed E-state index contributed by atoms with van der Waals surface area (Å²) in [7, 11) is -3.49. The molecule has 0 bridgehead atoms. The largest absolute Gasteiger partial charge is 0.351 e. The van der Waals surface area contributed by atoms with Gasteiger partial charge in [0.05, 0.1) is 4.90 Å². The summed E-state index contributed by atoms with van der Waals surface area (Å²) in [5, 5.41) is 3.82. The second-order valence-corrected chi connectivity index (χ2v) is 9.64. The van der Waals surface area contributed by atoms with Crippen molar-refractivity contribution in [1.29, 1.82) is 0 Å². The van der Waals surface area contributed by atoms with Crippen molar-refractivity contribution < 1.29 is 13.2 Å². The predicted octanol–water partition coefficient (Wildman–Crippen LogP) is 3.41. The number of carbonyl (C=O) groups is 1. The fourth-order valence-electron chi connectivity index (χ4n) is 4.16. The number of nitrogens with one attached hydrogen (secondary N) is 2. The SMILES string of the molecule is O=C(NC1CCCC1)c1cc2cc(S(=O)(=O)N3CCCCCC3)ccc2[nH]1. The van der Waals surface area contributed by atoms with Crippen LogP contribution in [0.15, 0.2) is 29.2 Å². The lowest BCUT2D eigenvalue weighted by Gasteiger charge is -2.19. The third-order valence-corrected chi connectivity index (χ3v) is 7.62. The summed E-state index contributed by atoms with van der Waals surface area (Å²) in [4.78, 5) is 15.9. The van der Waals surface area contributed by atoms with Gasteiger partial charge in [-0.15, -0.1) is 0 Å².